The molecule has 2 heterocycles. The molecule has 0 aliphatic carbocycles. The van der Waals surface area contributed by atoms with E-state index in [-0.39, 0.29) is 0 Å². The molecular formula is C27H36N2O2. The first kappa shape index (κ1) is 21.9. The predicted octanol–water partition coefficient (Wildman–Crippen LogP) is 5.15. The Morgan fingerprint density at radius 2 is 1.87 bits per heavy atom. The van der Waals surface area contributed by atoms with Crippen molar-refractivity contribution < 1.29 is 9.84 Å². The lowest BCUT2D eigenvalue weighted by molar-refractivity contribution is -0.0168. The first-order chi connectivity index (χ1) is 14.9. The minimum absolute atomic E-state index is 0.359. The maximum absolute atomic E-state index is 11.2. The van der Waals surface area contributed by atoms with E-state index in [2.05, 4.69) is 73.8 Å². The molecule has 0 bridgehead atoms. The maximum Gasteiger partial charge on any atom is 0.119 e. The van der Waals surface area contributed by atoms with Crippen LogP contribution < -0.4 is 4.74 Å². The van der Waals surface area contributed by atoms with E-state index in [4.69, 9.17) is 4.74 Å². The highest BCUT2D eigenvalue weighted by Crippen LogP contribution is 2.29. The largest absolute Gasteiger partial charge is 0.491 e. The molecule has 166 valence electrons. The van der Waals surface area contributed by atoms with Crippen LogP contribution in [0.4, 0.5) is 0 Å². The zero-order valence-electron chi connectivity index (χ0n) is 19.4. The van der Waals surface area contributed by atoms with Gasteiger partial charge in [0.25, 0.3) is 0 Å². The molecular weight excluding hydrogens is 384 g/mol. The molecule has 1 atom stereocenters. The third-order valence-corrected chi connectivity index (χ3v) is 6.94. The van der Waals surface area contributed by atoms with E-state index >= 15 is 0 Å². The van der Waals surface area contributed by atoms with E-state index in [0.717, 1.165) is 51.1 Å². The number of aryl methyl sites for hydroxylation is 4. The van der Waals surface area contributed by atoms with Crippen molar-refractivity contribution in [1.29, 1.82) is 0 Å². The Morgan fingerprint density at radius 3 is 2.65 bits per heavy atom. The molecule has 3 aromatic rings. The van der Waals surface area contributed by atoms with Crippen LogP contribution in [0.2, 0.25) is 0 Å². The Morgan fingerprint density at radius 1 is 1.03 bits per heavy atom. The van der Waals surface area contributed by atoms with Gasteiger partial charge < -0.3 is 14.4 Å². The Bertz CT molecular complexity index is 1050. The number of para-hydroxylation sites is 1. The van der Waals surface area contributed by atoms with Crippen LogP contribution >= 0.6 is 0 Å². The lowest BCUT2D eigenvalue weighted by atomic mass is 9.96. The average molecular weight is 421 g/mol. The number of hydrogen-bond acceptors (Lipinski definition) is 3. The number of aliphatic hydroxyl groups is 1. The van der Waals surface area contributed by atoms with Crippen molar-refractivity contribution in [2.45, 2.75) is 58.6 Å². The topological polar surface area (TPSA) is 37.6 Å². The lowest BCUT2D eigenvalue weighted by Gasteiger charge is -2.27. The van der Waals surface area contributed by atoms with Crippen LogP contribution in [0.3, 0.4) is 0 Å². The third kappa shape index (κ3) is 4.81. The molecule has 2 aromatic carbocycles. The zero-order valence-corrected chi connectivity index (χ0v) is 19.4. The second-order valence-corrected chi connectivity index (χ2v) is 9.32. The van der Waals surface area contributed by atoms with E-state index in [1.165, 1.54) is 33.2 Å². The van der Waals surface area contributed by atoms with E-state index in [9.17, 15) is 5.11 Å². The average Bonchev–Trinajstić information content (AvgIpc) is 2.96. The van der Waals surface area contributed by atoms with Gasteiger partial charge in [0.1, 0.15) is 12.4 Å². The van der Waals surface area contributed by atoms with Crippen molar-refractivity contribution in [1.82, 2.24) is 9.47 Å². The number of ether oxygens (including phenoxy) is 1. The first-order valence-electron chi connectivity index (χ1n) is 11.6. The summed E-state index contributed by atoms with van der Waals surface area (Å²) in [7, 11) is 2.15. The van der Waals surface area contributed by atoms with Gasteiger partial charge in [-0.15, -0.1) is 0 Å². The summed E-state index contributed by atoms with van der Waals surface area (Å²) in [5, 5.41) is 12.6. The zero-order chi connectivity index (χ0) is 22.0. The number of likely N-dealkylation sites (tertiary alicyclic amines) is 1. The summed E-state index contributed by atoms with van der Waals surface area (Å²) >= 11 is 0. The van der Waals surface area contributed by atoms with Gasteiger partial charge in [0, 0.05) is 31.7 Å². The monoisotopic (exact) mass is 420 g/mol. The number of fused-ring (bicyclic) bond motifs is 1. The highest BCUT2D eigenvalue weighted by molar-refractivity contribution is 5.86. The fourth-order valence-corrected chi connectivity index (χ4v) is 4.85. The van der Waals surface area contributed by atoms with Crippen LogP contribution in [0.25, 0.3) is 10.9 Å². The number of rotatable bonds is 6. The third-order valence-electron chi connectivity index (χ3n) is 6.94. The molecule has 1 fully saturated rings. The van der Waals surface area contributed by atoms with Crippen LogP contribution in [-0.4, -0.2) is 39.9 Å². The van der Waals surface area contributed by atoms with Gasteiger partial charge in [-0.1, -0.05) is 31.2 Å². The van der Waals surface area contributed by atoms with Crippen molar-refractivity contribution in [3.63, 3.8) is 0 Å². The molecule has 0 saturated carbocycles. The molecule has 1 N–H and O–H groups in total. The summed E-state index contributed by atoms with van der Waals surface area (Å²) in [6.07, 6.45) is 5.83. The summed E-state index contributed by atoms with van der Waals surface area (Å²) in [6, 6.07) is 12.8. The molecule has 31 heavy (non-hydrogen) atoms. The van der Waals surface area contributed by atoms with Crippen LogP contribution in [0, 0.1) is 13.8 Å². The minimum Gasteiger partial charge on any atom is -0.491 e. The summed E-state index contributed by atoms with van der Waals surface area (Å²) < 4.78 is 8.28. The van der Waals surface area contributed by atoms with Crippen molar-refractivity contribution in [2.75, 3.05) is 19.7 Å². The van der Waals surface area contributed by atoms with Crippen molar-refractivity contribution in [2.24, 2.45) is 7.05 Å². The normalized spacial score (nSPS) is 20.2. The molecule has 4 rings (SSSR count). The van der Waals surface area contributed by atoms with Crippen LogP contribution in [0.1, 0.15) is 48.4 Å². The maximum atomic E-state index is 11.2. The van der Waals surface area contributed by atoms with Crippen LogP contribution in [0.15, 0.2) is 42.6 Å². The molecule has 1 unspecified atom stereocenters. The second-order valence-electron chi connectivity index (χ2n) is 9.32. The number of aromatic nitrogens is 1. The summed E-state index contributed by atoms with van der Waals surface area (Å²) in [6.45, 7) is 9.60. The first-order valence-corrected chi connectivity index (χ1v) is 11.6. The predicted molar refractivity (Wildman–Crippen MR) is 128 cm³/mol. The fourth-order valence-electron chi connectivity index (χ4n) is 4.85. The molecule has 0 spiro atoms. The molecule has 0 radical (unpaired) electrons. The molecule has 1 aliphatic rings. The van der Waals surface area contributed by atoms with Gasteiger partial charge in [-0.3, -0.25) is 4.90 Å². The lowest BCUT2D eigenvalue weighted by Crippen LogP contribution is -2.37. The van der Waals surface area contributed by atoms with Gasteiger partial charge >= 0.3 is 0 Å². The Balaban J connectivity index is 1.41. The van der Waals surface area contributed by atoms with Crippen molar-refractivity contribution in [3.8, 4) is 5.75 Å². The Kier molecular flexibility index (Phi) is 6.40. The summed E-state index contributed by atoms with van der Waals surface area (Å²) in [5.74, 6) is 0.847. The smallest absolute Gasteiger partial charge is 0.119 e. The molecule has 1 aromatic heterocycles. The minimum atomic E-state index is -0.762. The summed E-state index contributed by atoms with van der Waals surface area (Å²) in [5.41, 5.74) is 5.85. The molecule has 4 heteroatoms. The number of hydrogen-bond donors (Lipinski definition) is 1. The van der Waals surface area contributed by atoms with Gasteiger partial charge in [-0.2, -0.15) is 0 Å². The molecule has 1 aliphatic heterocycles. The van der Waals surface area contributed by atoms with E-state index in [0.29, 0.717) is 6.61 Å². The molecule has 1 saturated heterocycles. The van der Waals surface area contributed by atoms with Gasteiger partial charge in [0.05, 0.1) is 11.1 Å². The van der Waals surface area contributed by atoms with Crippen molar-refractivity contribution in [3.05, 3.63) is 64.8 Å². The van der Waals surface area contributed by atoms with Gasteiger partial charge in [-0.25, -0.2) is 0 Å². The van der Waals surface area contributed by atoms with E-state index in [1.54, 1.807) is 0 Å². The van der Waals surface area contributed by atoms with Crippen LogP contribution in [0.5, 0.6) is 5.75 Å². The Hall–Kier alpha value is -2.30. The van der Waals surface area contributed by atoms with Gasteiger partial charge in [0.2, 0.25) is 0 Å². The SMILES string of the molecule is CCc1cccc2c(CN3CCCC(O)(COc4ccc(C)c(C)c4)CC3)cn(C)c12. The second kappa shape index (κ2) is 9.05. The van der Waals surface area contributed by atoms with Crippen molar-refractivity contribution >= 4 is 10.9 Å². The molecule has 4 nitrogen and oxygen atoms in total. The standard InChI is InChI=1S/C27H36N2O2/c1-5-22-8-6-9-25-23(17-28(4)26(22)25)18-29-14-7-12-27(30,13-15-29)19-31-24-11-10-20(2)21(3)16-24/h6,8-11,16-17,30H,5,7,12-15,18-19H2,1-4H3. The highest BCUT2D eigenvalue weighted by atomic mass is 16.5. The quantitative estimate of drug-likeness (QED) is 0.599. The van der Waals surface area contributed by atoms with E-state index in [1.807, 2.05) is 6.07 Å². The van der Waals surface area contributed by atoms with Gasteiger partial charge in [-0.05, 0) is 80.5 Å². The molecule has 0 amide bonds. The fraction of sp³-hybridized carbons (Fsp3) is 0.481. The number of benzene rings is 2. The van der Waals surface area contributed by atoms with Crippen LogP contribution in [-0.2, 0) is 20.0 Å². The summed E-state index contributed by atoms with van der Waals surface area (Å²) in [4.78, 5) is 2.49. The van der Waals surface area contributed by atoms with E-state index < -0.39 is 5.60 Å². The Labute approximate surface area is 186 Å². The number of nitrogens with zero attached hydrogens (tertiary/aromatic N) is 2. The van der Waals surface area contributed by atoms with Gasteiger partial charge in [0.15, 0.2) is 0 Å². The highest BCUT2D eigenvalue weighted by Gasteiger charge is 2.31.